The van der Waals surface area contributed by atoms with E-state index < -0.39 is 0 Å². The van der Waals surface area contributed by atoms with Crippen molar-refractivity contribution in [1.82, 2.24) is 5.32 Å². The lowest BCUT2D eigenvalue weighted by molar-refractivity contribution is -0.126. The minimum atomic E-state index is -0.0247. The maximum atomic E-state index is 11.1. The number of carbonyl (C=O) groups excluding carboxylic acids is 1. The summed E-state index contributed by atoms with van der Waals surface area (Å²) in [7, 11) is 0. The van der Waals surface area contributed by atoms with E-state index in [2.05, 4.69) is 26.1 Å². The quantitative estimate of drug-likeness (QED) is 0.663. The number of hydrogen-bond donors (Lipinski definition) is 1. The molecule has 0 fully saturated rings. The fourth-order valence-corrected chi connectivity index (χ4v) is 0.724. The van der Waals surface area contributed by atoms with Crippen LogP contribution in [0.3, 0.4) is 0 Å². The zero-order chi connectivity index (χ0) is 10.3. The zero-order valence-electron chi connectivity index (χ0n) is 9.14. The number of amides is 1. The van der Waals surface area contributed by atoms with Crippen LogP contribution in [0.2, 0.25) is 0 Å². The molecule has 3 heteroatoms. The Morgan fingerprint density at radius 1 is 1.38 bits per heavy atom. The minimum Gasteiger partial charge on any atom is -0.372 e. The van der Waals surface area contributed by atoms with Gasteiger partial charge in [-0.15, -0.1) is 0 Å². The van der Waals surface area contributed by atoms with Crippen LogP contribution < -0.4 is 5.32 Å². The predicted octanol–water partition coefficient (Wildman–Crippen LogP) is 1.58. The third-order valence-corrected chi connectivity index (χ3v) is 1.40. The van der Waals surface area contributed by atoms with Gasteiger partial charge in [-0.25, -0.2) is 0 Å². The van der Waals surface area contributed by atoms with Crippen LogP contribution in [0.4, 0.5) is 0 Å². The molecule has 3 nitrogen and oxygen atoms in total. The van der Waals surface area contributed by atoms with E-state index in [0.717, 1.165) is 6.42 Å². The second-order valence-electron chi connectivity index (χ2n) is 4.39. The predicted molar refractivity (Wildman–Crippen MR) is 53.6 cm³/mol. The van der Waals surface area contributed by atoms with E-state index in [1.807, 2.05) is 6.92 Å². The van der Waals surface area contributed by atoms with Crippen molar-refractivity contribution in [2.24, 2.45) is 5.41 Å². The molecule has 0 radical (unpaired) electrons. The number of ether oxygens (including phenoxy) is 1. The van der Waals surface area contributed by atoms with Crippen molar-refractivity contribution in [2.75, 3.05) is 19.8 Å². The van der Waals surface area contributed by atoms with Crippen LogP contribution in [0.15, 0.2) is 0 Å². The third-order valence-electron chi connectivity index (χ3n) is 1.40. The molecule has 0 aliphatic carbocycles. The molecule has 0 aliphatic rings. The summed E-state index contributed by atoms with van der Waals surface area (Å²) in [6.07, 6.45) is 0.951. The lowest BCUT2D eigenvalue weighted by atomic mass is 9.97. The normalized spacial score (nSPS) is 11.4. The molecule has 0 bridgehead atoms. The van der Waals surface area contributed by atoms with E-state index >= 15 is 0 Å². The van der Waals surface area contributed by atoms with Crippen molar-refractivity contribution in [2.45, 2.75) is 34.1 Å². The SMILES string of the molecule is CCCOCC(=O)NCC(C)(C)C. The molecular formula is C10H21NO2. The highest BCUT2D eigenvalue weighted by Crippen LogP contribution is 2.09. The van der Waals surface area contributed by atoms with Crippen LogP contribution in [0, 0.1) is 5.41 Å². The van der Waals surface area contributed by atoms with E-state index in [9.17, 15) is 4.79 Å². The summed E-state index contributed by atoms with van der Waals surface area (Å²) in [4.78, 5) is 11.1. The molecular weight excluding hydrogens is 166 g/mol. The van der Waals surface area contributed by atoms with Gasteiger partial charge in [0.25, 0.3) is 0 Å². The Morgan fingerprint density at radius 2 is 2.00 bits per heavy atom. The molecule has 0 saturated heterocycles. The molecule has 0 aromatic heterocycles. The van der Waals surface area contributed by atoms with Crippen LogP contribution in [0.1, 0.15) is 34.1 Å². The van der Waals surface area contributed by atoms with Gasteiger partial charge < -0.3 is 10.1 Å². The Morgan fingerprint density at radius 3 is 2.46 bits per heavy atom. The lowest BCUT2D eigenvalue weighted by Gasteiger charge is -2.18. The Bertz CT molecular complexity index is 149. The van der Waals surface area contributed by atoms with Crippen molar-refractivity contribution in [3.8, 4) is 0 Å². The molecule has 0 rings (SSSR count). The van der Waals surface area contributed by atoms with Gasteiger partial charge in [-0.1, -0.05) is 27.7 Å². The van der Waals surface area contributed by atoms with E-state index in [1.165, 1.54) is 0 Å². The van der Waals surface area contributed by atoms with Crippen molar-refractivity contribution in [1.29, 1.82) is 0 Å². The summed E-state index contributed by atoms with van der Waals surface area (Å²) in [6.45, 7) is 9.81. The average Bonchev–Trinajstić information content (AvgIpc) is 2.00. The first-order chi connectivity index (χ1) is 5.95. The molecule has 0 spiro atoms. The first-order valence-corrected chi connectivity index (χ1v) is 4.80. The Kier molecular flexibility index (Phi) is 5.71. The second-order valence-corrected chi connectivity index (χ2v) is 4.39. The molecule has 0 heterocycles. The molecule has 1 N–H and O–H groups in total. The van der Waals surface area contributed by atoms with E-state index in [-0.39, 0.29) is 17.9 Å². The van der Waals surface area contributed by atoms with Crippen LogP contribution in [-0.2, 0) is 9.53 Å². The maximum absolute atomic E-state index is 11.1. The Labute approximate surface area is 80.8 Å². The molecule has 0 aromatic carbocycles. The van der Waals surface area contributed by atoms with Gasteiger partial charge in [-0.3, -0.25) is 4.79 Å². The number of nitrogens with one attached hydrogen (secondary N) is 1. The highest BCUT2D eigenvalue weighted by Gasteiger charge is 2.11. The van der Waals surface area contributed by atoms with Gasteiger partial charge in [0, 0.05) is 13.2 Å². The van der Waals surface area contributed by atoms with Crippen LogP contribution in [0.25, 0.3) is 0 Å². The van der Waals surface area contributed by atoms with E-state index in [4.69, 9.17) is 4.74 Å². The standard InChI is InChI=1S/C10H21NO2/c1-5-6-13-7-9(12)11-8-10(2,3)4/h5-8H2,1-4H3,(H,11,12). The molecule has 0 atom stereocenters. The largest absolute Gasteiger partial charge is 0.372 e. The zero-order valence-corrected chi connectivity index (χ0v) is 9.14. The maximum Gasteiger partial charge on any atom is 0.246 e. The van der Waals surface area contributed by atoms with E-state index in [0.29, 0.717) is 13.2 Å². The Balaban J connectivity index is 3.41. The van der Waals surface area contributed by atoms with Crippen molar-refractivity contribution in [3.05, 3.63) is 0 Å². The highest BCUT2D eigenvalue weighted by molar-refractivity contribution is 5.77. The van der Waals surface area contributed by atoms with Crippen LogP contribution in [-0.4, -0.2) is 25.7 Å². The summed E-state index contributed by atoms with van der Waals surface area (Å²) in [6, 6.07) is 0. The fraction of sp³-hybridized carbons (Fsp3) is 0.900. The Hall–Kier alpha value is -0.570. The molecule has 0 aromatic rings. The molecule has 0 aliphatic heterocycles. The van der Waals surface area contributed by atoms with E-state index in [1.54, 1.807) is 0 Å². The minimum absolute atomic E-state index is 0.0247. The third kappa shape index (κ3) is 9.34. The smallest absolute Gasteiger partial charge is 0.246 e. The molecule has 1 amide bonds. The summed E-state index contributed by atoms with van der Waals surface area (Å²) < 4.78 is 5.10. The summed E-state index contributed by atoms with van der Waals surface area (Å²) in [5.74, 6) is -0.0247. The first kappa shape index (κ1) is 12.4. The second kappa shape index (κ2) is 5.97. The van der Waals surface area contributed by atoms with Crippen molar-refractivity contribution >= 4 is 5.91 Å². The molecule has 0 saturated carbocycles. The van der Waals surface area contributed by atoms with Crippen molar-refractivity contribution < 1.29 is 9.53 Å². The monoisotopic (exact) mass is 187 g/mol. The highest BCUT2D eigenvalue weighted by atomic mass is 16.5. The molecule has 78 valence electrons. The van der Waals surface area contributed by atoms with Crippen LogP contribution in [0.5, 0.6) is 0 Å². The first-order valence-electron chi connectivity index (χ1n) is 4.80. The van der Waals surface area contributed by atoms with Gasteiger partial charge in [-0.2, -0.15) is 0 Å². The van der Waals surface area contributed by atoms with Crippen LogP contribution >= 0.6 is 0 Å². The van der Waals surface area contributed by atoms with Crippen molar-refractivity contribution in [3.63, 3.8) is 0 Å². The lowest BCUT2D eigenvalue weighted by Crippen LogP contribution is -2.34. The number of carbonyl (C=O) groups is 1. The fourth-order valence-electron chi connectivity index (χ4n) is 0.724. The summed E-state index contributed by atoms with van der Waals surface area (Å²) in [5.41, 5.74) is 0.139. The number of hydrogen-bond acceptors (Lipinski definition) is 2. The summed E-state index contributed by atoms with van der Waals surface area (Å²) >= 11 is 0. The molecule has 0 unspecified atom stereocenters. The summed E-state index contributed by atoms with van der Waals surface area (Å²) in [5, 5.41) is 2.82. The van der Waals surface area contributed by atoms with Gasteiger partial charge in [0.2, 0.25) is 5.91 Å². The van der Waals surface area contributed by atoms with Gasteiger partial charge in [0.15, 0.2) is 0 Å². The molecule has 13 heavy (non-hydrogen) atoms. The average molecular weight is 187 g/mol. The van der Waals surface area contributed by atoms with Gasteiger partial charge in [0.05, 0.1) is 0 Å². The number of rotatable bonds is 5. The van der Waals surface area contributed by atoms with Gasteiger partial charge in [-0.05, 0) is 11.8 Å². The van der Waals surface area contributed by atoms with Gasteiger partial charge in [0.1, 0.15) is 6.61 Å². The topological polar surface area (TPSA) is 38.3 Å². The van der Waals surface area contributed by atoms with Gasteiger partial charge >= 0.3 is 0 Å².